The lowest BCUT2D eigenvalue weighted by molar-refractivity contribution is -0.113. The van der Waals surface area contributed by atoms with Gasteiger partial charge in [0.15, 0.2) is 5.17 Å². The second kappa shape index (κ2) is 10.6. The second-order valence-electron chi connectivity index (χ2n) is 8.29. The summed E-state index contributed by atoms with van der Waals surface area (Å²) in [7, 11) is 0. The number of anilines is 1. The van der Waals surface area contributed by atoms with Gasteiger partial charge < -0.3 is 4.42 Å². The van der Waals surface area contributed by atoms with Crippen LogP contribution in [0.15, 0.2) is 99.2 Å². The number of benzene rings is 3. The van der Waals surface area contributed by atoms with Gasteiger partial charge in [0.2, 0.25) is 0 Å². The molecule has 4 aromatic rings. The van der Waals surface area contributed by atoms with Crippen LogP contribution in [0.3, 0.4) is 0 Å². The number of hydrogen-bond acceptors (Lipinski definition) is 4. The van der Waals surface area contributed by atoms with E-state index in [-0.39, 0.29) is 5.91 Å². The molecule has 180 valence electrons. The van der Waals surface area contributed by atoms with Crippen molar-refractivity contribution in [1.29, 1.82) is 0 Å². The van der Waals surface area contributed by atoms with Gasteiger partial charge in [-0.15, -0.1) is 0 Å². The summed E-state index contributed by atoms with van der Waals surface area (Å²) in [6, 6.07) is 27.3. The van der Waals surface area contributed by atoms with E-state index in [1.54, 1.807) is 11.0 Å². The van der Waals surface area contributed by atoms with Crippen molar-refractivity contribution in [3.63, 3.8) is 0 Å². The van der Waals surface area contributed by atoms with Crippen molar-refractivity contribution < 1.29 is 9.21 Å². The monoisotopic (exact) mass is 512 g/mol. The molecule has 0 aliphatic carbocycles. The zero-order valence-electron chi connectivity index (χ0n) is 20.1. The molecule has 36 heavy (non-hydrogen) atoms. The van der Waals surface area contributed by atoms with Crippen LogP contribution in [-0.4, -0.2) is 11.1 Å². The van der Waals surface area contributed by atoms with E-state index in [0.717, 1.165) is 40.9 Å². The van der Waals surface area contributed by atoms with E-state index >= 15 is 0 Å². The van der Waals surface area contributed by atoms with Crippen LogP contribution in [0.4, 0.5) is 11.4 Å². The largest absolute Gasteiger partial charge is 0.457 e. The Hall–Kier alpha value is -3.54. The molecule has 0 N–H and O–H groups in total. The fourth-order valence-corrected chi connectivity index (χ4v) is 5.37. The topological polar surface area (TPSA) is 45.8 Å². The van der Waals surface area contributed by atoms with Crippen LogP contribution in [0, 0.1) is 0 Å². The Bertz CT molecular complexity index is 1490. The molecule has 3 aromatic carbocycles. The predicted molar refractivity (Wildman–Crippen MR) is 151 cm³/mol. The van der Waals surface area contributed by atoms with Crippen LogP contribution in [0.25, 0.3) is 17.4 Å². The third kappa shape index (κ3) is 4.77. The van der Waals surface area contributed by atoms with E-state index in [4.69, 9.17) is 21.0 Å². The van der Waals surface area contributed by atoms with Crippen molar-refractivity contribution in [2.24, 2.45) is 4.99 Å². The molecule has 0 saturated carbocycles. The van der Waals surface area contributed by atoms with E-state index in [1.165, 1.54) is 11.8 Å². The number of carbonyl (C=O) groups excluding carboxylic acids is 1. The van der Waals surface area contributed by atoms with Crippen LogP contribution in [0.1, 0.15) is 30.7 Å². The number of hydrogen-bond donors (Lipinski definition) is 0. The van der Waals surface area contributed by atoms with Gasteiger partial charge in [-0.05, 0) is 72.1 Å². The molecule has 6 heteroatoms. The minimum atomic E-state index is -0.121. The maximum atomic E-state index is 13.8. The van der Waals surface area contributed by atoms with Gasteiger partial charge in [0.25, 0.3) is 5.91 Å². The van der Waals surface area contributed by atoms with Crippen LogP contribution in [0.5, 0.6) is 0 Å². The van der Waals surface area contributed by atoms with Gasteiger partial charge in [0, 0.05) is 11.6 Å². The summed E-state index contributed by atoms with van der Waals surface area (Å²) in [5, 5.41) is 1.25. The number of carbonyl (C=O) groups is 1. The van der Waals surface area contributed by atoms with Crippen molar-refractivity contribution in [1.82, 2.24) is 0 Å². The third-order valence-corrected chi connectivity index (χ3v) is 7.35. The van der Waals surface area contributed by atoms with E-state index in [0.29, 0.717) is 26.6 Å². The first-order valence-corrected chi connectivity index (χ1v) is 13.1. The van der Waals surface area contributed by atoms with Crippen molar-refractivity contribution in [3.8, 4) is 11.3 Å². The number of aryl methyl sites for hydroxylation is 2. The molecule has 1 aliphatic rings. The van der Waals surface area contributed by atoms with E-state index in [2.05, 4.69) is 26.0 Å². The predicted octanol–water partition coefficient (Wildman–Crippen LogP) is 8.53. The Morgan fingerprint density at radius 1 is 0.889 bits per heavy atom. The van der Waals surface area contributed by atoms with Gasteiger partial charge in [0.1, 0.15) is 11.5 Å². The first-order chi connectivity index (χ1) is 17.6. The molecule has 1 fully saturated rings. The SMILES string of the molecule is CCc1ccccc1N=C1S/C(=C/c2ccc(-c3ccccc3Cl)o2)C(=O)N1c1ccccc1CC. The Labute approximate surface area is 220 Å². The molecule has 0 spiro atoms. The van der Waals surface area contributed by atoms with Gasteiger partial charge in [-0.2, -0.15) is 0 Å². The molecule has 1 saturated heterocycles. The minimum Gasteiger partial charge on any atom is -0.457 e. The number of amidine groups is 1. The lowest BCUT2D eigenvalue weighted by Crippen LogP contribution is -2.29. The molecule has 1 amide bonds. The van der Waals surface area contributed by atoms with Gasteiger partial charge in [-0.3, -0.25) is 9.69 Å². The minimum absolute atomic E-state index is 0.121. The van der Waals surface area contributed by atoms with Crippen LogP contribution >= 0.6 is 23.4 Å². The Kier molecular flexibility index (Phi) is 7.12. The van der Waals surface area contributed by atoms with Crippen molar-refractivity contribution in [2.45, 2.75) is 26.7 Å². The number of furan rings is 1. The fraction of sp³-hybridized carbons (Fsp3) is 0.133. The maximum absolute atomic E-state index is 13.8. The molecular formula is C30H25ClN2O2S. The lowest BCUT2D eigenvalue weighted by atomic mass is 10.1. The Morgan fingerprint density at radius 2 is 1.58 bits per heavy atom. The summed E-state index contributed by atoms with van der Waals surface area (Å²) in [6.45, 7) is 4.19. The van der Waals surface area contributed by atoms with Crippen molar-refractivity contribution in [2.75, 3.05) is 4.90 Å². The number of para-hydroxylation sites is 2. The normalized spacial score (nSPS) is 15.9. The zero-order chi connectivity index (χ0) is 25.1. The van der Waals surface area contributed by atoms with E-state index < -0.39 is 0 Å². The average molecular weight is 513 g/mol. The van der Waals surface area contributed by atoms with Gasteiger partial charge >= 0.3 is 0 Å². The summed E-state index contributed by atoms with van der Waals surface area (Å²) < 4.78 is 6.05. The van der Waals surface area contributed by atoms with Gasteiger partial charge in [-0.25, -0.2) is 4.99 Å². The second-order valence-corrected chi connectivity index (χ2v) is 9.71. The number of aliphatic imine (C=N–C) groups is 1. The molecule has 1 aromatic heterocycles. The van der Waals surface area contributed by atoms with E-state index in [9.17, 15) is 4.79 Å². The van der Waals surface area contributed by atoms with Gasteiger partial charge in [-0.1, -0.05) is 74.0 Å². The number of nitrogens with zero attached hydrogens (tertiary/aromatic N) is 2. The van der Waals surface area contributed by atoms with Crippen LogP contribution < -0.4 is 4.90 Å². The number of rotatable bonds is 6. The standard InChI is InChI=1S/C30H25ClN2O2S/c1-3-20-11-5-9-15-25(20)32-30-33(26-16-10-6-12-21(26)4-2)29(34)28(36-30)19-22-17-18-27(35-22)23-13-7-8-14-24(23)31/h5-19H,3-4H2,1-2H3/b28-19+,32-30?. The van der Waals surface area contributed by atoms with Crippen molar-refractivity contribution >= 4 is 51.9 Å². The highest BCUT2D eigenvalue weighted by Crippen LogP contribution is 2.40. The van der Waals surface area contributed by atoms with Gasteiger partial charge in [0.05, 0.1) is 21.3 Å². The Morgan fingerprint density at radius 3 is 2.36 bits per heavy atom. The molecular weight excluding hydrogens is 488 g/mol. The highest BCUT2D eigenvalue weighted by atomic mass is 35.5. The summed E-state index contributed by atoms with van der Waals surface area (Å²) in [4.78, 5) is 21.0. The summed E-state index contributed by atoms with van der Waals surface area (Å²) in [5.74, 6) is 1.12. The van der Waals surface area contributed by atoms with Crippen LogP contribution in [-0.2, 0) is 17.6 Å². The molecule has 4 nitrogen and oxygen atoms in total. The number of amides is 1. The first kappa shape index (κ1) is 24.2. The highest BCUT2D eigenvalue weighted by molar-refractivity contribution is 8.19. The number of halogens is 1. The first-order valence-electron chi connectivity index (χ1n) is 11.9. The summed E-state index contributed by atoms with van der Waals surface area (Å²) in [5.41, 5.74) is 4.75. The molecule has 0 bridgehead atoms. The van der Waals surface area contributed by atoms with E-state index in [1.807, 2.05) is 72.8 Å². The number of thioether (sulfide) groups is 1. The smallest absolute Gasteiger partial charge is 0.271 e. The maximum Gasteiger partial charge on any atom is 0.271 e. The molecule has 1 aliphatic heterocycles. The lowest BCUT2D eigenvalue weighted by Gasteiger charge is -2.19. The zero-order valence-corrected chi connectivity index (χ0v) is 21.6. The fourth-order valence-electron chi connectivity index (χ4n) is 4.18. The average Bonchev–Trinajstić information content (AvgIpc) is 3.49. The van der Waals surface area contributed by atoms with Crippen LogP contribution in [0.2, 0.25) is 5.02 Å². The molecule has 5 rings (SSSR count). The van der Waals surface area contributed by atoms with Crippen molar-refractivity contribution in [3.05, 3.63) is 112 Å². The highest BCUT2D eigenvalue weighted by Gasteiger charge is 2.36. The summed E-state index contributed by atoms with van der Waals surface area (Å²) in [6.07, 6.45) is 3.45. The third-order valence-electron chi connectivity index (χ3n) is 6.05. The molecule has 0 unspecified atom stereocenters. The molecule has 0 atom stereocenters. The quantitative estimate of drug-likeness (QED) is 0.243. The molecule has 0 radical (unpaired) electrons. The Balaban J connectivity index is 1.57. The summed E-state index contributed by atoms with van der Waals surface area (Å²) >= 11 is 7.70. The molecule has 2 heterocycles.